The molecular weight excluding hydrogens is 372 g/mol. The normalized spacial score (nSPS) is 14.3. The van der Waals surface area contributed by atoms with Crippen LogP contribution in [0.25, 0.3) is 11.1 Å². The summed E-state index contributed by atoms with van der Waals surface area (Å²) in [6, 6.07) is 7.12. The number of nitrogens with one attached hydrogen (secondary N) is 3. The Morgan fingerprint density at radius 2 is 1.83 bits per heavy atom. The smallest absolute Gasteiger partial charge is 0.321 e. The maximum Gasteiger partial charge on any atom is 0.321 e. The number of guanidine groups is 1. The topological polar surface area (TPSA) is 163 Å². The number of hydrogen-bond donors (Lipinski definition) is 5. The highest BCUT2D eigenvalue weighted by Crippen LogP contribution is 2.23. The van der Waals surface area contributed by atoms with Gasteiger partial charge in [0, 0.05) is 43.5 Å². The molecule has 7 N–H and O–H groups in total. The minimum Gasteiger partial charge on any atom is -0.370 e. The van der Waals surface area contributed by atoms with E-state index in [9.17, 15) is 9.59 Å². The third-order valence-corrected chi connectivity index (χ3v) is 4.78. The first-order valence-electron chi connectivity index (χ1n) is 9.27. The van der Waals surface area contributed by atoms with Gasteiger partial charge < -0.3 is 21.7 Å². The van der Waals surface area contributed by atoms with Crippen LogP contribution in [-0.4, -0.2) is 41.0 Å². The van der Waals surface area contributed by atoms with Gasteiger partial charge in [-0.3, -0.25) is 15.5 Å². The number of nitrogens with zero attached hydrogens (tertiary/aromatic N) is 3. The largest absolute Gasteiger partial charge is 0.370 e. The third-order valence-electron chi connectivity index (χ3n) is 4.78. The molecule has 1 aliphatic rings. The second-order valence-electron chi connectivity index (χ2n) is 6.86. The predicted molar refractivity (Wildman–Crippen MR) is 109 cm³/mol. The Balaban J connectivity index is 1.62. The third kappa shape index (κ3) is 5.41. The number of primary amides is 1. The number of urea groups is 1. The van der Waals surface area contributed by atoms with Gasteiger partial charge in [-0.05, 0) is 30.0 Å². The lowest BCUT2D eigenvalue weighted by atomic mass is 9.96. The molecule has 0 aliphatic carbocycles. The van der Waals surface area contributed by atoms with Crippen molar-refractivity contribution in [3.05, 3.63) is 42.2 Å². The average molecular weight is 396 g/mol. The summed E-state index contributed by atoms with van der Waals surface area (Å²) in [6.07, 6.45) is 4.95. The van der Waals surface area contributed by atoms with Crippen molar-refractivity contribution in [2.45, 2.75) is 19.4 Å². The molecule has 1 saturated heterocycles. The van der Waals surface area contributed by atoms with Crippen molar-refractivity contribution in [2.24, 2.45) is 17.4 Å². The van der Waals surface area contributed by atoms with Gasteiger partial charge in [-0.25, -0.2) is 14.8 Å². The minimum atomic E-state index is -0.532. The van der Waals surface area contributed by atoms with E-state index in [0.717, 1.165) is 16.7 Å². The Labute approximate surface area is 168 Å². The van der Waals surface area contributed by atoms with E-state index < -0.39 is 12.0 Å². The van der Waals surface area contributed by atoms with Gasteiger partial charge in [-0.15, -0.1) is 0 Å². The SMILES string of the molecule is N=C(N)NC(=O)NCc1cccc(-c2cnc(N3CCC(C(N)=O)CC3)nc2)c1. The van der Waals surface area contributed by atoms with Crippen molar-refractivity contribution in [3.8, 4) is 11.1 Å². The van der Waals surface area contributed by atoms with Crippen LogP contribution in [0.4, 0.5) is 10.7 Å². The van der Waals surface area contributed by atoms with Crippen molar-refractivity contribution < 1.29 is 9.59 Å². The van der Waals surface area contributed by atoms with Gasteiger partial charge in [0.05, 0.1) is 0 Å². The van der Waals surface area contributed by atoms with Gasteiger partial charge in [0.2, 0.25) is 11.9 Å². The van der Waals surface area contributed by atoms with E-state index in [1.54, 1.807) is 12.4 Å². The highest BCUT2D eigenvalue weighted by molar-refractivity contribution is 5.93. The van der Waals surface area contributed by atoms with Gasteiger partial charge >= 0.3 is 6.03 Å². The second-order valence-corrected chi connectivity index (χ2v) is 6.86. The van der Waals surface area contributed by atoms with Crippen LogP contribution in [0, 0.1) is 11.3 Å². The molecule has 1 aromatic carbocycles. The summed E-state index contributed by atoms with van der Waals surface area (Å²) in [5, 5.41) is 11.8. The molecule has 2 heterocycles. The molecule has 10 heteroatoms. The van der Waals surface area contributed by atoms with Crippen LogP contribution < -0.4 is 27.0 Å². The Kier molecular flexibility index (Phi) is 6.22. The molecule has 2 aromatic rings. The molecule has 0 saturated carbocycles. The molecule has 1 fully saturated rings. The van der Waals surface area contributed by atoms with Gasteiger partial charge in [0.1, 0.15) is 0 Å². The van der Waals surface area contributed by atoms with E-state index in [4.69, 9.17) is 16.9 Å². The summed E-state index contributed by atoms with van der Waals surface area (Å²) in [5.74, 6) is -0.0869. The van der Waals surface area contributed by atoms with Crippen LogP contribution in [0.3, 0.4) is 0 Å². The molecule has 0 bridgehead atoms. The zero-order valence-electron chi connectivity index (χ0n) is 15.9. The number of aromatic nitrogens is 2. The van der Waals surface area contributed by atoms with Crippen LogP contribution >= 0.6 is 0 Å². The van der Waals surface area contributed by atoms with Crippen molar-refractivity contribution in [3.63, 3.8) is 0 Å². The molecule has 1 aromatic heterocycles. The maximum absolute atomic E-state index is 11.5. The monoisotopic (exact) mass is 396 g/mol. The molecule has 152 valence electrons. The summed E-state index contributed by atoms with van der Waals surface area (Å²) in [6.45, 7) is 1.70. The van der Waals surface area contributed by atoms with E-state index in [0.29, 0.717) is 38.4 Å². The zero-order valence-corrected chi connectivity index (χ0v) is 15.9. The number of amides is 3. The summed E-state index contributed by atoms with van der Waals surface area (Å²) in [7, 11) is 0. The van der Waals surface area contributed by atoms with E-state index in [1.165, 1.54) is 0 Å². The average Bonchev–Trinajstić information content (AvgIpc) is 2.72. The number of piperidine rings is 1. The highest BCUT2D eigenvalue weighted by atomic mass is 16.2. The molecule has 29 heavy (non-hydrogen) atoms. The van der Waals surface area contributed by atoms with Gasteiger partial charge in [-0.1, -0.05) is 18.2 Å². The van der Waals surface area contributed by atoms with Crippen LogP contribution in [0.2, 0.25) is 0 Å². The Morgan fingerprint density at radius 3 is 2.45 bits per heavy atom. The predicted octanol–water partition coefficient (Wildman–Crippen LogP) is 0.538. The summed E-state index contributed by atoms with van der Waals surface area (Å²) < 4.78 is 0. The lowest BCUT2D eigenvalue weighted by molar-refractivity contribution is -0.122. The molecular formula is C19H24N8O2. The molecule has 1 aliphatic heterocycles. The first kappa shape index (κ1) is 20.1. The molecule has 0 unspecified atom stereocenters. The number of rotatable bonds is 5. The highest BCUT2D eigenvalue weighted by Gasteiger charge is 2.24. The molecule has 3 amide bonds. The fraction of sp³-hybridized carbons (Fsp3) is 0.316. The molecule has 0 radical (unpaired) electrons. The van der Waals surface area contributed by atoms with Crippen molar-refractivity contribution in [1.82, 2.24) is 20.6 Å². The van der Waals surface area contributed by atoms with E-state index in [-0.39, 0.29) is 11.8 Å². The molecule has 0 spiro atoms. The number of anilines is 1. The minimum absolute atomic E-state index is 0.0700. The molecule has 3 rings (SSSR count). The summed E-state index contributed by atoms with van der Waals surface area (Å²) in [4.78, 5) is 33.8. The Hall–Kier alpha value is -3.69. The van der Waals surface area contributed by atoms with Gasteiger partial charge in [0.25, 0.3) is 0 Å². The van der Waals surface area contributed by atoms with E-state index in [2.05, 4.69) is 25.5 Å². The van der Waals surface area contributed by atoms with Gasteiger partial charge in [-0.2, -0.15) is 0 Å². The van der Waals surface area contributed by atoms with Crippen molar-refractivity contribution in [2.75, 3.05) is 18.0 Å². The zero-order chi connectivity index (χ0) is 20.8. The second kappa shape index (κ2) is 9.00. The lowest BCUT2D eigenvalue weighted by Gasteiger charge is -2.30. The standard InChI is InChI=1S/C19H24N8O2/c20-16(28)13-4-6-27(7-5-13)18-23-10-15(11-24-18)14-3-1-2-12(8-14)9-25-19(29)26-17(21)22/h1-3,8,10-11,13H,4-7,9H2,(H2,20,28)(H5,21,22,25,26,29). The van der Waals surface area contributed by atoms with Gasteiger partial charge in [0.15, 0.2) is 5.96 Å². The summed E-state index contributed by atoms with van der Waals surface area (Å²) >= 11 is 0. The van der Waals surface area contributed by atoms with E-state index in [1.807, 2.05) is 24.3 Å². The van der Waals surface area contributed by atoms with Crippen LogP contribution in [0.5, 0.6) is 0 Å². The maximum atomic E-state index is 11.5. The first-order chi connectivity index (χ1) is 13.9. The lowest BCUT2D eigenvalue weighted by Crippen LogP contribution is -2.42. The molecule has 0 atom stereocenters. The number of carbonyl (C=O) groups excluding carboxylic acids is 2. The number of hydrogen-bond acceptors (Lipinski definition) is 6. The number of carbonyl (C=O) groups is 2. The van der Waals surface area contributed by atoms with Crippen LogP contribution in [0.15, 0.2) is 36.7 Å². The van der Waals surface area contributed by atoms with Crippen molar-refractivity contribution >= 4 is 23.8 Å². The van der Waals surface area contributed by atoms with Crippen LogP contribution in [-0.2, 0) is 11.3 Å². The number of nitrogens with two attached hydrogens (primary N) is 2. The first-order valence-corrected chi connectivity index (χ1v) is 9.27. The van der Waals surface area contributed by atoms with Crippen molar-refractivity contribution in [1.29, 1.82) is 5.41 Å². The molecule has 10 nitrogen and oxygen atoms in total. The Bertz CT molecular complexity index is 891. The summed E-state index contributed by atoms with van der Waals surface area (Å²) in [5.41, 5.74) is 13.2. The quantitative estimate of drug-likeness (QED) is 0.366. The number of benzene rings is 1. The Morgan fingerprint density at radius 1 is 1.14 bits per heavy atom. The van der Waals surface area contributed by atoms with E-state index >= 15 is 0 Å². The fourth-order valence-electron chi connectivity index (χ4n) is 3.21. The van der Waals surface area contributed by atoms with Crippen LogP contribution in [0.1, 0.15) is 18.4 Å². The fourth-order valence-corrected chi connectivity index (χ4v) is 3.21.